The number of unbranched alkanes of at least 4 members (excludes halogenated alkanes) is 20. The first-order valence-electron chi connectivity index (χ1n) is 25.1. The molecule has 0 aromatic rings. The monoisotopic (exact) mass is 907 g/mol. The van der Waals surface area contributed by atoms with Crippen molar-refractivity contribution in [3.8, 4) is 0 Å². The first kappa shape index (κ1) is 57.6. The number of rotatable bonds is 39. The highest BCUT2D eigenvalue weighted by molar-refractivity contribution is 5.70. The molecule has 2 aliphatic heterocycles. The van der Waals surface area contributed by atoms with Crippen molar-refractivity contribution in [3.63, 3.8) is 0 Å². The van der Waals surface area contributed by atoms with Crippen molar-refractivity contribution in [2.75, 3.05) is 19.8 Å². The molecule has 2 fully saturated rings. The second-order valence-corrected chi connectivity index (χ2v) is 18.3. The second-order valence-electron chi connectivity index (χ2n) is 18.3. The first-order chi connectivity index (χ1) is 30.4. The van der Waals surface area contributed by atoms with Gasteiger partial charge in [0.15, 0.2) is 12.4 Å². The zero-order chi connectivity index (χ0) is 46.3. The van der Waals surface area contributed by atoms with Crippen LogP contribution in [-0.4, -0.2) is 140 Å². The van der Waals surface area contributed by atoms with Gasteiger partial charge in [0.05, 0.1) is 25.4 Å². The number of esters is 2. The van der Waals surface area contributed by atoms with Crippen molar-refractivity contribution >= 4 is 11.9 Å². The number of hydrogen-bond acceptors (Lipinski definition) is 15. The molecule has 0 aromatic carbocycles. The summed E-state index contributed by atoms with van der Waals surface area (Å²) < 4.78 is 28.8. The molecule has 2 rings (SSSR count). The van der Waals surface area contributed by atoms with Gasteiger partial charge >= 0.3 is 11.9 Å². The minimum atomic E-state index is -2.30. The summed E-state index contributed by atoms with van der Waals surface area (Å²) in [7, 11) is 0. The van der Waals surface area contributed by atoms with E-state index < -0.39 is 86.6 Å². The molecular weight excluding hydrogens is 817 g/mol. The topological polar surface area (TPSA) is 242 Å². The Morgan fingerprint density at radius 2 is 0.937 bits per heavy atom. The summed E-state index contributed by atoms with van der Waals surface area (Å²) in [4.78, 5) is 26.2. The highest BCUT2D eigenvalue weighted by atomic mass is 16.8. The predicted molar refractivity (Wildman–Crippen MR) is 238 cm³/mol. The number of aliphatic hydroxyl groups excluding tert-OH is 8. The Morgan fingerprint density at radius 1 is 0.524 bits per heavy atom. The minimum absolute atomic E-state index is 0.00138. The summed E-state index contributed by atoms with van der Waals surface area (Å²) in [5, 5.41) is 83.0. The molecule has 2 unspecified atom stereocenters. The van der Waals surface area contributed by atoms with Crippen molar-refractivity contribution in [2.45, 2.75) is 273 Å². The highest BCUT2D eigenvalue weighted by Crippen LogP contribution is 2.39. The molecule has 0 radical (unpaired) electrons. The van der Waals surface area contributed by atoms with Crippen LogP contribution in [0.5, 0.6) is 0 Å². The molecule has 0 amide bonds. The summed E-state index contributed by atoms with van der Waals surface area (Å²) in [6.07, 6.45) is 14.3. The summed E-state index contributed by atoms with van der Waals surface area (Å²) >= 11 is 0. The van der Waals surface area contributed by atoms with E-state index in [0.29, 0.717) is 12.8 Å². The number of carbonyl (C=O) groups excluding carboxylic acids is 2. The van der Waals surface area contributed by atoms with Gasteiger partial charge in [-0.3, -0.25) is 9.59 Å². The molecule has 15 nitrogen and oxygen atoms in total. The van der Waals surface area contributed by atoms with Crippen molar-refractivity contribution < 1.29 is 74.1 Å². The number of carbonyl (C=O) groups is 2. The van der Waals surface area contributed by atoms with Crippen LogP contribution in [0, 0.1) is 0 Å². The predicted octanol–water partition coefficient (Wildman–Crippen LogP) is 6.17. The van der Waals surface area contributed by atoms with E-state index in [1.807, 2.05) is 0 Å². The SMILES string of the molecule is CCCCCCC(O)CCCCCCCCCCC(=O)OC[C@@]1(O[C@H]2O[C@H](CO)[C@@H](O)[C@H](O)[C@H]2O)O[C@H](CO)[C@@H](O)[C@@H]1OC(=O)CCCCCCCCCCC(O)CCCCCC. The zero-order valence-corrected chi connectivity index (χ0v) is 39.0. The van der Waals surface area contributed by atoms with Crippen molar-refractivity contribution in [2.24, 2.45) is 0 Å². The fourth-order valence-electron chi connectivity index (χ4n) is 8.54. The van der Waals surface area contributed by atoms with Gasteiger partial charge < -0.3 is 64.5 Å². The molecule has 372 valence electrons. The van der Waals surface area contributed by atoms with E-state index in [-0.39, 0.29) is 25.0 Å². The molecule has 8 N–H and O–H groups in total. The van der Waals surface area contributed by atoms with E-state index in [4.69, 9.17) is 23.7 Å². The van der Waals surface area contributed by atoms with Crippen LogP contribution in [0.25, 0.3) is 0 Å². The second kappa shape index (κ2) is 34.8. The van der Waals surface area contributed by atoms with Gasteiger partial charge in [-0.1, -0.05) is 155 Å². The smallest absolute Gasteiger partial charge is 0.306 e. The van der Waals surface area contributed by atoms with Crippen LogP contribution >= 0.6 is 0 Å². The van der Waals surface area contributed by atoms with E-state index in [1.54, 1.807) is 0 Å². The molecule has 2 heterocycles. The van der Waals surface area contributed by atoms with Crippen LogP contribution in [0.3, 0.4) is 0 Å². The van der Waals surface area contributed by atoms with Gasteiger partial charge in [0.2, 0.25) is 5.79 Å². The van der Waals surface area contributed by atoms with Crippen LogP contribution in [0.4, 0.5) is 0 Å². The van der Waals surface area contributed by atoms with E-state index in [1.165, 1.54) is 38.5 Å². The van der Waals surface area contributed by atoms with Gasteiger partial charge in [-0.15, -0.1) is 0 Å². The lowest BCUT2D eigenvalue weighted by Crippen LogP contribution is -2.63. The Balaban J connectivity index is 1.86. The largest absolute Gasteiger partial charge is 0.460 e. The molecular formula is C48H90O15. The van der Waals surface area contributed by atoms with Crippen LogP contribution in [0.15, 0.2) is 0 Å². The van der Waals surface area contributed by atoms with Crippen molar-refractivity contribution in [1.82, 2.24) is 0 Å². The average Bonchev–Trinajstić information content (AvgIpc) is 3.53. The fourth-order valence-corrected chi connectivity index (χ4v) is 8.54. The molecule has 63 heavy (non-hydrogen) atoms. The Kier molecular flexibility index (Phi) is 31.8. The molecule has 11 atom stereocenters. The summed E-state index contributed by atoms with van der Waals surface area (Å²) in [5.74, 6) is -3.62. The zero-order valence-electron chi connectivity index (χ0n) is 39.0. The summed E-state index contributed by atoms with van der Waals surface area (Å²) in [6.45, 7) is 2.14. The minimum Gasteiger partial charge on any atom is -0.460 e. The van der Waals surface area contributed by atoms with E-state index in [0.717, 1.165) is 128 Å². The van der Waals surface area contributed by atoms with Crippen LogP contribution in [-0.2, 0) is 33.3 Å². The number of aliphatic hydroxyl groups is 8. The van der Waals surface area contributed by atoms with Crippen LogP contribution in [0.1, 0.15) is 206 Å². The molecule has 0 aliphatic carbocycles. The summed E-state index contributed by atoms with van der Waals surface area (Å²) in [5.41, 5.74) is 0. The molecule has 0 saturated carbocycles. The normalized spacial score (nSPS) is 27.1. The van der Waals surface area contributed by atoms with Gasteiger partial charge in [-0.05, 0) is 38.5 Å². The van der Waals surface area contributed by atoms with E-state index in [9.17, 15) is 50.4 Å². The van der Waals surface area contributed by atoms with E-state index in [2.05, 4.69) is 13.8 Å². The van der Waals surface area contributed by atoms with E-state index >= 15 is 0 Å². The molecule has 0 spiro atoms. The Hall–Kier alpha value is -1.50. The Morgan fingerprint density at radius 3 is 1.38 bits per heavy atom. The lowest BCUT2D eigenvalue weighted by atomic mass is 9.99. The molecule has 0 bridgehead atoms. The molecule has 15 heteroatoms. The average molecular weight is 907 g/mol. The lowest BCUT2D eigenvalue weighted by Gasteiger charge is -2.43. The van der Waals surface area contributed by atoms with Crippen molar-refractivity contribution in [3.05, 3.63) is 0 Å². The van der Waals surface area contributed by atoms with Gasteiger partial charge in [0, 0.05) is 12.8 Å². The molecule has 0 aromatic heterocycles. The highest BCUT2D eigenvalue weighted by Gasteiger charge is 2.61. The van der Waals surface area contributed by atoms with Gasteiger partial charge in [-0.2, -0.15) is 0 Å². The number of ether oxygens (including phenoxy) is 5. The maximum atomic E-state index is 13.2. The van der Waals surface area contributed by atoms with Gasteiger partial charge in [0.1, 0.15) is 43.2 Å². The Bertz CT molecular complexity index is 1150. The third-order valence-corrected chi connectivity index (χ3v) is 12.6. The van der Waals surface area contributed by atoms with Crippen LogP contribution < -0.4 is 0 Å². The summed E-state index contributed by atoms with van der Waals surface area (Å²) in [6, 6.07) is 0. The maximum absolute atomic E-state index is 13.2. The first-order valence-corrected chi connectivity index (χ1v) is 25.1. The third kappa shape index (κ3) is 23.2. The third-order valence-electron chi connectivity index (χ3n) is 12.6. The fraction of sp³-hybridized carbons (Fsp3) is 0.958. The Labute approximate surface area is 378 Å². The standard InChI is InChI=1S/C48H90O15/c1-3-5-7-21-27-36(51)29-23-17-13-9-11-15-19-25-31-40(53)59-35-48(63-47-45(58)44(57)42(55)38(33-49)60-47)46(43(56)39(34-50)62-48)61-41(54)32-26-20-16-12-10-14-18-24-30-37(52)28-22-8-6-4-2/h36-39,42-47,49-52,55-58H,3-35H2,1-2H3/t36?,37?,38-,39-,42-,43-,44+,45-,46+,47-,48+/m1/s1. The molecule has 2 aliphatic rings. The molecule has 2 saturated heterocycles. The van der Waals surface area contributed by atoms with Gasteiger partial charge in [-0.25, -0.2) is 0 Å². The lowest BCUT2D eigenvalue weighted by molar-refractivity contribution is -0.384. The maximum Gasteiger partial charge on any atom is 0.306 e. The quantitative estimate of drug-likeness (QED) is 0.0254. The van der Waals surface area contributed by atoms with Gasteiger partial charge in [0.25, 0.3) is 0 Å². The van der Waals surface area contributed by atoms with Crippen LogP contribution in [0.2, 0.25) is 0 Å². The van der Waals surface area contributed by atoms with Crippen molar-refractivity contribution in [1.29, 1.82) is 0 Å². The number of hydrogen-bond donors (Lipinski definition) is 8.